The van der Waals surface area contributed by atoms with Crippen molar-refractivity contribution in [2.24, 2.45) is 34.2 Å². The fourth-order valence-electron chi connectivity index (χ4n) is 11.1. The molecule has 5 heterocycles. The van der Waals surface area contributed by atoms with Gasteiger partial charge in [-0.25, -0.2) is 26.8 Å². The van der Waals surface area contributed by atoms with Crippen LogP contribution in [0.2, 0.25) is 5.02 Å². The number of aromatic nitrogens is 1. The van der Waals surface area contributed by atoms with Crippen LogP contribution < -0.4 is 69.0 Å². The Morgan fingerprint density at radius 1 is 0.961 bits per heavy atom. The van der Waals surface area contributed by atoms with Gasteiger partial charge in [0.15, 0.2) is 29.3 Å². The van der Waals surface area contributed by atoms with Crippen molar-refractivity contribution in [3.63, 3.8) is 0 Å². The molecule has 23 nitrogen and oxygen atoms in total. The van der Waals surface area contributed by atoms with E-state index < -0.39 is 72.3 Å². The second kappa shape index (κ2) is 24.8. The Balaban J connectivity index is 0.000000237. The summed E-state index contributed by atoms with van der Waals surface area (Å²) in [7, 11) is 1.30. The number of sulfonamides is 2. The molecule has 8 atom stereocenters. The molecule has 1 aliphatic carbocycles. The normalized spacial score (nSPS) is 24.5. The first-order valence-corrected chi connectivity index (χ1v) is 27.7. The number of nitrogens with two attached hydrogens (primary N) is 1. The molecule has 2 saturated heterocycles. The number of carbonyl (C=O) groups is 5. The van der Waals surface area contributed by atoms with Gasteiger partial charge in [-0.3, -0.25) is 24.1 Å². The molecule has 6 N–H and O–H groups in total. The van der Waals surface area contributed by atoms with Gasteiger partial charge in [-0.05, 0) is 85.4 Å². The molecule has 2 unspecified atom stereocenters. The van der Waals surface area contributed by atoms with Crippen molar-refractivity contribution < 1.29 is 104 Å². The van der Waals surface area contributed by atoms with E-state index in [0.29, 0.717) is 36.5 Å². The largest absolute Gasteiger partial charge is 1.00 e. The summed E-state index contributed by atoms with van der Waals surface area (Å²) >= 11 is 5.72. The standard InChI is InChI=1S/C33H40N2O9.C10H16N2O3.C7H8ClN3O4S2.Na/c1-38-19-7-8-20-21-9-10-35-16-18-13-27(44-32(36)17-11-25(39-2)30(41-4)26(12-17)40-3)31(42-5)28(33(37)43-6)22(18)15-24(35)29(21)34-23(20)14-19;1-4-6(3)10(5-2)7(13)11-9(15)12-8(10)14;8-4-1-5-7(2-6(4)16(9,12)13)17(14,15)11-3-10-5;/h7-8,11-12,14,18,22,24,27-28,31,34H,9-10,13,15-16H2,1-6H3;6H,4-5H2,1-3H3,(H2,11,12,13,14,15);1-2,10-11H,3H2,(H2,9,12,13);/q;;;+1/p-1/t18-,22-,24+,27-,28-,31+;;;/m1.../s1. The predicted molar refractivity (Wildman–Crippen MR) is 276 cm³/mol. The van der Waals surface area contributed by atoms with Crippen molar-refractivity contribution in [3.8, 4) is 23.0 Å². The van der Waals surface area contributed by atoms with Crippen LogP contribution in [0.25, 0.3) is 16.2 Å². The van der Waals surface area contributed by atoms with E-state index in [2.05, 4.69) is 36.6 Å². The van der Waals surface area contributed by atoms with E-state index in [0.717, 1.165) is 43.3 Å². The number of imide groups is 2. The maximum Gasteiger partial charge on any atom is 1.00 e. The number of amides is 4. The van der Waals surface area contributed by atoms with E-state index in [9.17, 15) is 40.8 Å². The number of hydrogen-bond acceptors (Lipinski definition) is 18. The zero-order chi connectivity index (χ0) is 55.6. The molecule has 4 aliphatic heterocycles. The van der Waals surface area contributed by atoms with Crippen LogP contribution in [-0.2, 0) is 55.1 Å². The van der Waals surface area contributed by atoms with Crippen molar-refractivity contribution in [1.29, 1.82) is 0 Å². The molecule has 5 aliphatic rings. The van der Waals surface area contributed by atoms with Crippen LogP contribution in [0.3, 0.4) is 0 Å². The van der Waals surface area contributed by atoms with Crippen molar-refractivity contribution in [1.82, 2.24) is 19.9 Å². The van der Waals surface area contributed by atoms with E-state index in [-0.39, 0.29) is 87.2 Å². The van der Waals surface area contributed by atoms with Gasteiger partial charge >= 0.3 is 41.5 Å². The molecular formula is C50H63ClN7NaO16S2. The number of anilines is 1. The zero-order valence-corrected chi connectivity index (χ0v) is 48.8. The van der Waals surface area contributed by atoms with Crippen molar-refractivity contribution in [2.75, 3.05) is 67.7 Å². The van der Waals surface area contributed by atoms with Crippen molar-refractivity contribution in [3.05, 3.63) is 69.6 Å². The molecule has 27 heteroatoms. The molecular weight excluding hydrogens is 1080 g/mol. The summed E-state index contributed by atoms with van der Waals surface area (Å²) in [5.74, 6) is -0.792. The van der Waals surface area contributed by atoms with Crippen LogP contribution in [0.1, 0.15) is 74.1 Å². The summed E-state index contributed by atoms with van der Waals surface area (Å²) in [6.07, 6.45) is 1.98. The average Bonchev–Trinajstić information content (AvgIpc) is 3.77. The van der Waals surface area contributed by atoms with Crippen molar-refractivity contribution >= 4 is 78.0 Å². The second-order valence-corrected chi connectivity index (χ2v) is 22.5. The van der Waals surface area contributed by atoms with Crippen molar-refractivity contribution in [2.45, 2.75) is 80.9 Å². The Kier molecular flexibility index (Phi) is 19.7. The van der Waals surface area contributed by atoms with Crippen LogP contribution in [-0.4, -0.2) is 131 Å². The maximum absolute atomic E-state index is 13.5. The molecule has 414 valence electrons. The number of nitrogens with one attached hydrogen (secondary N) is 4. The molecule has 0 radical (unpaired) electrons. The number of rotatable bonds is 12. The third kappa shape index (κ3) is 12.0. The SMILES string of the molecule is CCC(C)C1(CC)C(=O)[N-]C(=O)NC1=O.COC(=O)[C@@H]1[C@@H]2C[C@H]3c4[nH]c5cc(OC)ccc5c4CCN3C[C@H]2C[C@@H](OC(=O)c2cc(OC)c(OC)c(OC)c2)[C@@H]1OC.NS(=O)(=O)c1cc2c(cc1Cl)NCNS2(=O)=O.[Na+]. The van der Waals surface area contributed by atoms with E-state index in [1.165, 1.54) is 51.1 Å². The summed E-state index contributed by atoms with van der Waals surface area (Å²) in [6, 6.07) is 10.7. The third-order valence-corrected chi connectivity index (χ3v) is 18.0. The van der Waals surface area contributed by atoms with Crippen LogP contribution in [0, 0.1) is 29.1 Å². The number of nitrogens with zero attached hydrogens (tertiary/aromatic N) is 2. The molecule has 4 aromatic rings. The van der Waals surface area contributed by atoms with E-state index >= 15 is 0 Å². The van der Waals surface area contributed by atoms with Gasteiger partial charge in [0.2, 0.25) is 25.8 Å². The fraction of sp³-hybridized carbons (Fsp3) is 0.500. The Morgan fingerprint density at radius 2 is 1.65 bits per heavy atom. The van der Waals surface area contributed by atoms with Gasteiger partial charge in [-0.1, -0.05) is 38.8 Å². The number of primary sulfonamides is 1. The van der Waals surface area contributed by atoms with Crippen LogP contribution >= 0.6 is 11.6 Å². The van der Waals surface area contributed by atoms with Gasteiger partial charge in [-0.2, -0.15) is 4.72 Å². The minimum absolute atomic E-state index is 0. The summed E-state index contributed by atoms with van der Waals surface area (Å²) in [6.45, 7) is 7.18. The van der Waals surface area contributed by atoms with E-state index in [4.69, 9.17) is 49.9 Å². The number of carbonyl (C=O) groups excluding carboxylic acids is 5. The second-order valence-electron chi connectivity index (χ2n) is 18.8. The number of H-pyrrole nitrogens is 1. The van der Waals surface area contributed by atoms with Gasteiger partial charge < -0.3 is 54.1 Å². The Hall–Kier alpha value is -5.22. The topological polar surface area (TPSA) is 313 Å². The van der Waals surface area contributed by atoms with Crippen LogP contribution in [0.5, 0.6) is 23.0 Å². The average molecular weight is 1140 g/mol. The first kappa shape index (κ1) is 61.0. The number of esters is 2. The fourth-order valence-corrected chi connectivity index (χ4v) is 13.4. The van der Waals surface area contributed by atoms with Gasteiger partial charge in [0, 0.05) is 42.9 Å². The molecule has 9 rings (SSSR count). The molecule has 0 spiro atoms. The van der Waals surface area contributed by atoms with Crippen LogP contribution in [0.15, 0.2) is 52.3 Å². The minimum Gasteiger partial charge on any atom is -0.497 e. The third-order valence-electron chi connectivity index (χ3n) is 15.2. The number of halogens is 1. The molecule has 0 bridgehead atoms. The number of piperidine rings is 1. The molecule has 77 heavy (non-hydrogen) atoms. The smallest absolute Gasteiger partial charge is 0.497 e. The van der Waals surface area contributed by atoms with Gasteiger partial charge in [0.1, 0.15) is 27.7 Å². The Bertz CT molecular complexity index is 3100. The molecule has 1 saturated carbocycles. The number of barbiturate groups is 1. The number of benzene rings is 3. The quantitative estimate of drug-likeness (QED) is 0.0773. The number of aromatic amines is 1. The first-order valence-electron chi connectivity index (χ1n) is 24.3. The Morgan fingerprint density at radius 3 is 2.22 bits per heavy atom. The predicted octanol–water partition coefficient (Wildman–Crippen LogP) is 2.40. The molecule has 1 aromatic heterocycles. The number of urea groups is 1. The molecule has 4 amide bonds. The maximum atomic E-state index is 13.5. The molecule has 3 aromatic carbocycles. The number of hydrogen-bond donors (Lipinski definition) is 5. The summed E-state index contributed by atoms with van der Waals surface area (Å²) in [4.78, 5) is 66.9. The first-order chi connectivity index (χ1) is 36.0. The molecule has 3 fully saturated rings. The van der Waals surface area contributed by atoms with Gasteiger partial charge in [-0.15, -0.1) is 0 Å². The van der Waals surface area contributed by atoms with Crippen LogP contribution in [0.4, 0.5) is 10.5 Å². The minimum atomic E-state index is -4.07. The summed E-state index contributed by atoms with van der Waals surface area (Å²) < 4.78 is 87.0. The summed E-state index contributed by atoms with van der Waals surface area (Å²) in [5.41, 5.74) is 2.91. The van der Waals surface area contributed by atoms with E-state index in [1.807, 2.05) is 26.0 Å². The zero-order valence-electron chi connectivity index (χ0n) is 44.4. The van der Waals surface area contributed by atoms with Gasteiger partial charge in [0.25, 0.3) is 0 Å². The monoisotopic (exact) mass is 1140 g/mol. The number of methoxy groups -OCH3 is 6. The Labute approximate surface area is 474 Å². The van der Waals surface area contributed by atoms with Gasteiger partial charge in [0.05, 0.1) is 75.9 Å². The number of ether oxygens (including phenoxy) is 7. The summed E-state index contributed by atoms with van der Waals surface area (Å²) in [5, 5.41) is 14.2. The van der Waals surface area contributed by atoms with E-state index in [1.54, 1.807) is 33.3 Å². The number of fused-ring (bicyclic) bond motifs is 7.